The van der Waals surface area contributed by atoms with Crippen LogP contribution in [0.25, 0.3) is 11.1 Å². The molecule has 6 nitrogen and oxygen atoms in total. The van der Waals surface area contributed by atoms with Crippen molar-refractivity contribution < 1.29 is 27.8 Å². The Morgan fingerprint density at radius 1 is 1.12 bits per heavy atom. The van der Waals surface area contributed by atoms with Crippen molar-refractivity contribution in [3.05, 3.63) is 47.5 Å². The van der Waals surface area contributed by atoms with E-state index < -0.39 is 15.8 Å². The van der Waals surface area contributed by atoms with Gasteiger partial charge in [-0.05, 0) is 42.3 Å². The Hall–Kier alpha value is -2.38. The van der Waals surface area contributed by atoms with Gasteiger partial charge in [-0.2, -0.15) is 0 Å². The van der Waals surface area contributed by atoms with Gasteiger partial charge in [-0.1, -0.05) is 12.1 Å². The lowest BCUT2D eigenvalue weighted by molar-refractivity contribution is 0.0511. The van der Waals surface area contributed by atoms with Gasteiger partial charge in [0.05, 0.1) is 10.5 Å². The summed E-state index contributed by atoms with van der Waals surface area (Å²) >= 11 is 0. The van der Waals surface area contributed by atoms with Crippen molar-refractivity contribution in [1.29, 1.82) is 0 Å². The summed E-state index contributed by atoms with van der Waals surface area (Å²) in [4.78, 5) is 11.4. The second-order valence-corrected chi connectivity index (χ2v) is 7.25. The van der Waals surface area contributed by atoms with Gasteiger partial charge in [-0.15, -0.1) is 0 Å². The minimum absolute atomic E-state index is 0.0668. The summed E-state index contributed by atoms with van der Waals surface area (Å²) in [6.45, 7) is 1.70. The molecule has 0 heterocycles. The minimum atomic E-state index is -3.52. The number of rotatable bonds is 6. The molecule has 0 atom stereocenters. The number of carbonyl (C=O) groups is 1. The smallest absolute Gasteiger partial charge is 0.335 e. The number of carboxylic acids is 1. The molecule has 0 fully saturated rings. The van der Waals surface area contributed by atoms with Crippen molar-refractivity contribution in [2.24, 2.45) is 0 Å². The van der Waals surface area contributed by atoms with Crippen molar-refractivity contribution in [1.82, 2.24) is 0 Å². The van der Waals surface area contributed by atoms with E-state index in [2.05, 4.69) is 0 Å². The van der Waals surface area contributed by atoms with Gasteiger partial charge in [0.1, 0.15) is 5.75 Å². The van der Waals surface area contributed by atoms with Crippen LogP contribution < -0.4 is 4.74 Å². The first-order valence-electron chi connectivity index (χ1n) is 7.05. The van der Waals surface area contributed by atoms with Crippen LogP contribution in [0.4, 0.5) is 0 Å². The lowest BCUT2D eigenvalue weighted by Crippen LogP contribution is -2.07. The third-order valence-corrected chi connectivity index (χ3v) is 4.68. The van der Waals surface area contributed by atoms with Crippen LogP contribution in [-0.2, 0) is 14.6 Å². The standard InChI is InChI=1S/C17H18O6S/c1-11-14(17(18)19)8-9-15(24(3,20)21)16(11)12-4-6-13(7-5-12)23-10-22-2/h4-9H,10H2,1-3H3,(H,18,19). The number of benzene rings is 2. The molecular weight excluding hydrogens is 332 g/mol. The molecule has 7 heteroatoms. The van der Waals surface area contributed by atoms with Crippen molar-refractivity contribution in [3.8, 4) is 16.9 Å². The van der Waals surface area contributed by atoms with E-state index in [1.54, 1.807) is 31.2 Å². The van der Waals surface area contributed by atoms with Gasteiger partial charge in [-0.25, -0.2) is 13.2 Å². The largest absolute Gasteiger partial charge is 0.478 e. The normalized spacial score (nSPS) is 11.3. The molecule has 0 amide bonds. The number of carboxylic acid groups (broad SMARTS) is 1. The maximum atomic E-state index is 12.1. The van der Waals surface area contributed by atoms with Gasteiger partial charge in [0, 0.05) is 18.9 Å². The highest BCUT2D eigenvalue weighted by Gasteiger charge is 2.21. The Labute approximate surface area is 140 Å². The van der Waals surface area contributed by atoms with E-state index in [4.69, 9.17) is 9.47 Å². The molecule has 24 heavy (non-hydrogen) atoms. The molecule has 0 aliphatic carbocycles. The molecule has 0 bridgehead atoms. The Balaban J connectivity index is 2.62. The average Bonchev–Trinajstić information content (AvgIpc) is 2.52. The molecule has 0 saturated heterocycles. The molecular formula is C17H18O6S. The first-order valence-corrected chi connectivity index (χ1v) is 8.94. The second-order valence-electron chi connectivity index (χ2n) is 5.26. The molecule has 0 saturated carbocycles. The van der Waals surface area contributed by atoms with Crippen LogP contribution in [0.15, 0.2) is 41.3 Å². The SMILES string of the molecule is COCOc1ccc(-c2c(S(C)(=O)=O)ccc(C(=O)O)c2C)cc1. The third kappa shape index (κ3) is 3.74. The first-order chi connectivity index (χ1) is 11.3. The van der Waals surface area contributed by atoms with Crippen LogP contribution in [0.1, 0.15) is 15.9 Å². The fraction of sp³-hybridized carbons (Fsp3) is 0.235. The van der Waals surface area contributed by atoms with Crippen LogP contribution in [0.2, 0.25) is 0 Å². The quantitative estimate of drug-likeness (QED) is 0.806. The van der Waals surface area contributed by atoms with E-state index in [-0.39, 0.29) is 17.3 Å². The maximum Gasteiger partial charge on any atom is 0.335 e. The number of ether oxygens (including phenoxy) is 2. The highest BCUT2D eigenvalue weighted by atomic mass is 32.2. The van der Waals surface area contributed by atoms with Crippen LogP contribution in [0.3, 0.4) is 0 Å². The summed E-state index contributed by atoms with van der Waals surface area (Å²) in [5.74, 6) is -0.539. The molecule has 2 aromatic rings. The fourth-order valence-electron chi connectivity index (χ4n) is 2.43. The summed E-state index contributed by atoms with van der Waals surface area (Å²) < 4.78 is 34.3. The predicted octanol–water partition coefficient (Wildman–Crippen LogP) is 2.75. The van der Waals surface area contributed by atoms with E-state index >= 15 is 0 Å². The molecule has 128 valence electrons. The average molecular weight is 350 g/mol. The van der Waals surface area contributed by atoms with Crippen LogP contribution in [0, 0.1) is 6.92 Å². The van der Waals surface area contributed by atoms with Crippen molar-refractivity contribution >= 4 is 15.8 Å². The highest BCUT2D eigenvalue weighted by Crippen LogP contribution is 2.33. The number of methoxy groups -OCH3 is 1. The van der Waals surface area contributed by atoms with Gasteiger partial charge >= 0.3 is 5.97 Å². The molecule has 0 radical (unpaired) electrons. The number of sulfone groups is 1. The second kappa shape index (κ2) is 7.02. The number of hydrogen-bond donors (Lipinski definition) is 1. The summed E-state index contributed by atoms with van der Waals surface area (Å²) in [7, 11) is -2.01. The van der Waals surface area contributed by atoms with Crippen molar-refractivity contribution in [2.75, 3.05) is 20.2 Å². The summed E-state index contributed by atoms with van der Waals surface area (Å²) in [6, 6.07) is 9.37. The van der Waals surface area contributed by atoms with Gasteiger partial charge in [0.2, 0.25) is 0 Å². The van der Waals surface area contributed by atoms with E-state index in [1.807, 2.05) is 0 Å². The summed E-state index contributed by atoms with van der Waals surface area (Å²) in [6.07, 6.45) is 1.10. The zero-order valence-electron chi connectivity index (χ0n) is 13.6. The monoisotopic (exact) mass is 350 g/mol. The molecule has 0 aromatic heterocycles. The molecule has 0 aliphatic rings. The molecule has 0 unspecified atom stereocenters. The van der Waals surface area contributed by atoms with Crippen LogP contribution >= 0.6 is 0 Å². The van der Waals surface area contributed by atoms with E-state index in [0.717, 1.165) is 6.26 Å². The molecule has 1 N–H and O–H groups in total. The summed E-state index contributed by atoms with van der Waals surface area (Å²) in [5, 5.41) is 9.29. The third-order valence-electron chi connectivity index (χ3n) is 3.54. The van der Waals surface area contributed by atoms with Gasteiger partial charge in [0.15, 0.2) is 16.6 Å². The zero-order chi connectivity index (χ0) is 17.9. The van der Waals surface area contributed by atoms with E-state index in [1.165, 1.54) is 19.2 Å². The minimum Gasteiger partial charge on any atom is -0.478 e. The molecule has 0 spiro atoms. The Morgan fingerprint density at radius 2 is 1.75 bits per heavy atom. The molecule has 0 aliphatic heterocycles. The lowest BCUT2D eigenvalue weighted by Gasteiger charge is -2.14. The van der Waals surface area contributed by atoms with Crippen LogP contribution in [-0.4, -0.2) is 39.7 Å². The number of hydrogen-bond acceptors (Lipinski definition) is 5. The zero-order valence-corrected chi connectivity index (χ0v) is 14.4. The van der Waals surface area contributed by atoms with Crippen LogP contribution in [0.5, 0.6) is 5.75 Å². The Kier molecular flexibility index (Phi) is 5.26. The lowest BCUT2D eigenvalue weighted by atomic mass is 9.96. The predicted molar refractivity (Wildman–Crippen MR) is 89.2 cm³/mol. The summed E-state index contributed by atoms with van der Waals surface area (Å²) in [5.41, 5.74) is 1.45. The van der Waals surface area contributed by atoms with Gasteiger partial charge in [0.25, 0.3) is 0 Å². The molecule has 2 rings (SSSR count). The first kappa shape index (κ1) is 18.0. The maximum absolute atomic E-state index is 12.1. The van der Waals surface area contributed by atoms with Crippen molar-refractivity contribution in [3.63, 3.8) is 0 Å². The van der Waals surface area contributed by atoms with E-state index in [9.17, 15) is 18.3 Å². The van der Waals surface area contributed by atoms with Crippen molar-refractivity contribution in [2.45, 2.75) is 11.8 Å². The van der Waals surface area contributed by atoms with E-state index in [0.29, 0.717) is 22.4 Å². The fourth-order valence-corrected chi connectivity index (χ4v) is 3.39. The highest BCUT2D eigenvalue weighted by molar-refractivity contribution is 7.90. The van der Waals surface area contributed by atoms with Gasteiger partial charge in [-0.3, -0.25) is 0 Å². The Bertz CT molecular complexity index is 853. The Morgan fingerprint density at radius 3 is 2.25 bits per heavy atom. The topological polar surface area (TPSA) is 89.9 Å². The molecule has 2 aromatic carbocycles. The number of aromatic carboxylic acids is 1. The van der Waals surface area contributed by atoms with Gasteiger partial charge < -0.3 is 14.6 Å².